The average molecular weight is 315 g/mol. The molecule has 1 N–H and O–H groups in total. The first-order valence-electron chi connectivity index (χ1n) is 9.03. The molecule has 4 heteroatoms. The molecule has 1 heterocycles. The average Bonchev–Trinajstić information content (AvgIpc) is 2.98. The maximum atomic E-state index is 11.1. The molecule has 23 heavy (non-hydrogen) atoms. The lowest BCUT2D eigenvalue weighted by Gasteiger charge is -2.42. The largest absolute Gasteiger partial charge is 0.495 e. The second kappa shape index (κ2) is 6.42. The molecule has 0 amide bonds. The van der Waals surface area contributed by atoms with Gasteiger partial charge in [0.15, 0.2) is 5.76 Å². The van der Waals surface area contributed by atoms with Gasteiger partial charge in [0.05, 0.1) is 17.9 Å². The molecule has 0 aromatic carbocycles. The van der Waals surface area contributed by atoms with Crippen molar-refractivity contribution >= 4 is 5.57 Å². The molecule has 4 rings (SSSR count). The Morgan fingerprint density at radius 2 is 1.87 bits per heavy atom. The summed E-state index contributed by atoms with van der Waals surface area (Å²) >= 11 is 0. The summed E-state index contributed by atoms with van der Waals surface area (Å²) < 4.78 is 11.3. The lowest BCUT2D eigenvalue weighted by Crippen LogP contribution is -2.36. The Labute approximate surface area is 136 Å². The molecule has 4 nitrogen and oxygen atoms in total. The first kappa shape index (κ1) is 14.9. The van der Waals surface area contributed by atoms with Crippen LogP contribution in [0.1, 0.15) is 63.5 Å². The highest BCUT2D eigenvalue weighted by molar-refractivity contribution is 5.64. The van der Waals surface area contributed by atoms with Crippen molar-refractivity contribution in [1.29, 1.82) is 0 Å². The molecule has 1 aromatic rings. The van der Waals surface area contributed by atoms with Crippen molar-refractivity contribution in [2.45, 2.75) is 63.9 Å². The molecule has 0 bridgehead atoms. The fourth-order valence-electron chi connectivity index (χ4n) is 4.27. The minimum Gasteiger partial charge on any atom is -0.495 e. The van der Waals surface area contributed by atoms with Crippen LogP contribution in [0.4, 0.5) is 0 Å². The molecule has 0 saturated heterocycles. The van der Waals surface area contributed by atoms with Crippen LogP contribution in [0.3, 0.4) is 0 Å². The Morgan fingerprint density at radius 3 is 2.52 bits per heavy atom. The van der Waals surface area contributed by atoms with Gasteiger partial charge < -0.3 is 9.26 Å². The third kappa shape index (κ3) is 3.31. The molecule has 2 fully saturated rings. The highest BCUT2D eigenvalue weighted by Gasteiger charge is 2.37. The van der Waals surface area contributed by atoms with Gasteiger partial charge in [0.25, 0.3) is 5.56 Å². The number of aromatic nitrogens is 1. The van der Waals surface area contributed by atoms with Gasteiger partial charge in [0, 0.05) is 6.42 Å². The molecular formula is C19H25NO3. The predicted molar refractivity (Wildman–Crippen MR) is 88.8 cm³/mol. The zero-order valence-electron chi connectivity index (χ0n) is 13.6. The van der Waals surface area contributed by atoms with Gasteiger partial charge in [0.1, 0.15) is 0 Å². The van der Waals surface area contributed by atoms with Gasteiger partial charge >= 0.3 is 0 Å². The number of rotatable bonds is 4. The zero-order chi connectivity index (χ0) is 15.6. The summed E-state index contributed by atoms with van der Waals surface area (Å²) in [5, 5.41) is 2.34. The molecule has 3 aliphatic rings. The smallest absolute Gasteiger partial charge is 0.280 e. The normalized spacial score (nSPS) is 28.7. The van der Waals surface area contributed by atoms with E-state index in [1.165, 1.54) is 51.0 Å². The van der Waals surface area contributed by atoms with Crippen molar-refractivity contribution in [2.75, 3.05) is 0 Å². The lowest BCUT2D eigenvalue weighted by atomic mass is 9.68. The van der Waals surface area contributed by atoms with Crippen molar-refractivity contribution < 1.29 is 9.26 Å². The van der Waals surface area contributed by atoms with Crippen LogP contribution >= 0.6 is 0 Å². The van der Waals surface area contributed by atoms with E-state index in [0.29, 0.717) is 11.9 Å². The van der Waals surface area contributed by atoms with Crippen LogP contribution in [0.5, 0.6) is 0 Å². The van der Waals surface area contributed by atoms with Gasteiger partial charge in [-0.1, -0.05) is 38.2 Å². The molecule has 0 atom stereocenters. The van der Waals surface area contributed by atoms with Crippen LogP contribution in [-0.2, 0) is 4.74 Å². The number of H-pyrrole nitrogens is 1. The molecule has 3 aliphatic carbocycles. The molecule has 2 saturated carbocycles. The first-order chi connectivity index (χ1) is 11.3. The van der Waals surface area contributed by atoms with E-state index in [-0.39, 0.29) is 5.56 Å². The standard InChI is InChI=1S/C19H25NO3/c21-19-12-18(23-20-19)14-6-8-16(9-7-14)22-17-10-15(11-17)13-4-2-1-3-5-13/h6,8,12-13,15,17H,1-5,7,9-11H2,(H,20,21). The van der Waals surface area contributed by atoms with Gasteiger partial charge in [-0.25, -0.2) is 0 Å². The van der Waals surface area contributed by atoms with Crippen LogP contribution in [-0.4, -0.2) is 11.3 Å². The topological polar surface area (TPSA) is 55.2 Å². The second-order valence-electron chi connectivity index (χ2n) is 7.27. The first-order valence-corrected chi connectivity index (χ1v) is 9.03. The van der Waals surface area contributed by atoms with Crippen molar-refractivity contribution in [3.05, 3.63) is 40.1 Å². The van der Waals surface area contributed by atoms with Gasteiger partial charge in [0.2, 0.25) is 0 Å². The van der Waals surface area contributed by atoms with Crippen molar-refractivity contribution in [3.8, 4) is 0 Å². The summed E-state index contributed by atoms with van der Waals surface area (Å²) in [5.41, 5.74) is 0.875. The van der Waals surface area contributed by atoms with Crippen molar-refractivity contribution in [3.63, 3.8) is 0 Å². The van der Waals surface area contributed by atoms with Crippen LogP contribution in [0.15, 0.2) is 33.3 Å². The Kier molecular flexibility index (Phi) is 4.15. The minimum absolute atomic E-state index is 0.185. The maximum absolute atomic E-state index is 11.1. The number of allylic oxidation sites excluding steroid dienone is 4. The summed E-state index contributed by atoms with van der Waals surface area (Å²) in [6.07, 6.45) is 15.9. The van der Waals surface area contributed by atoms with Gasteiger partial charge in [-0.15, -0.1) is 0 Å². The lowest BCUT2D eigenvalue weighted by molar-refractivity contribution is -0.0214. The van der Waals surface area contributed by atoms with E-state index in [9.17, 15) is 4.79 Å². The Bertz CT molecular complexity index is 654. The predicted octanol–water partition coefficient (Wildman–Crippen LogP) is 4.40. The Morgan fingerprint density at radius 1 is 1.04 bits per heavy atom. The third-order valence-electron chi connectivity index (χ3n) is 5.72. The number of aromatic amines is 1. The van der Waals surface area contributed by atoms with Crippen LogP contribution in [0, 0.1) is 11.8 Å². The highest BCUT2D eigenvalue weighted by atomic mass is 16.5. The summed E-state index contributed by atoms with van der Waals surface area (Å²) in [4.78, 5) is 11.1. The zero-order valence-corrected chi connectivity index (χ0v) is 13.6. The molecule has 124 valence electrons. The number of hydrogen-bond acceptors (Lipinski definition) is 3. The minimum atomic E-state index is -0.185. The Hall–Kier alpha value is -1.71. The number of nitrogens with one attached hydrogen (secondary N) is 1. The van der Waals surface area contributed by atoms with Gasteiger partial charge in [-0.3, -0.25) is 4.79 Å². The van der Waals surface area contributed by atoms with Crippen LogP contribution in [0.25, 0.3) is 5.57 Å². The Balaban J connectivity index is 1.28. The van der Waals surface area contributed by atoms with Gasteiger partial charge in [-0.2, -0.15) is 5.16 Å². The summed E-state index contributed by atoms with van der Waals surface area (Å²) in [6.45, 7) is 0. The number of hydrogen-bond donors (Lipinski definition) is 1. The highest BCUT2D eigenvalue weighted by Crippen LogP contribution is 2.43. The van der Waals surface area contributed by atoms with Gasteiger partial charge in [-0.05, 0) is 42.7 Å². The van der Waals surface area contributed by atoms with Crippen LogP contribution in [0.2, 0.25) is 0 Å². The van der Waals surface area contributed by atoms with E-state index >= 15 is 0 Å². The summed E-state index contributed by atoms with van der Waals surface area (Å²) in [7, 11) is 0. The second-order valence-corrected chi connectivity index (χ2v) is 7.27. The molecular weight excluding hydrogens is 290 g/mol. The molecule has 0 aliphatic heterocycles. The van der Waals surface area contributed by atoms with Crippen molar-refractivity contribution in [2.24, 2.45) is 11.8 Å². The monoisotopic (exact) mass is 315 g/mol. The molecule has 0 radical (unpaired) electrons. The van der Waals surface area contributed by atoms with E-state index < -0.39 is 0 Å². The maximum Gasteiger partial charge on any atom is 0.280 e. The molecule has 0 spiro atoms. The summed E-state index contributed by atoms with van der Waals surface area (Å²) in [6, 6.07) is 1.51. The number of ether oxygens (including phenoxy) is 1. The van der Waals surface area contributed by atoms with E-state index in [4.69, 9.17) is 9.26 Å². The third-order valence-corrected chi connectivity index (χ3v) is 5.72. The summed E-state index contributed by atoms with van der Waals surface area (Å²) in [5.74, 6) is 3.60. The van der Waals surface area contributed by atoms with Crippen molar-refractivity contribution in [1.82, 2.24) is 5.16 Å². The fraction of sp³-hybridized carbons (Fsp3) is 0.632. The SMILES string of the molecule is O=c1cc(C2=CC=C(OC3CC(C4CCCCC4)C3)CC2)o[nH]1. The van der Waals surface area contributed by atoms with E-state index in [2.05, 4.69) is 5.16 Å². The van der Waals surface area contributed by atoms with E-state index in [1.54, 1.807) is 0 Å². The molecule has 1 aromatic heterocycles. The van der Waals surface area contributed by atoms with Crippen LogP contribution < -0.4 is 5.56 Å². The van der Waals surface area contributed by atoms with E-state index in [1.807, 2.05) is 12.2 Å². The fourth-order valence-corrected chi connectivity index (χ4v) is 4.27. The quantitative estimate of drug-likeness (QED) is 0.895. The van der Waals surface area contributed by atoms with E-state index in [0.717, 1.165) is 36.0 Å². The molecule has 0 unspecified atom stereocenters.